The molecule has 0 saturated heterocycles. The summed E-state index contributed by atoms with van der Waals surface area (Å²) in [4.78, 5) is 32.0. The molecule has 1 N–H and O–H groups in total. The molecule has 0 atom stereocenters. The molecule has 3 aromatic rings. The standard InChI is InChI=1S/C26H29N5O3/c32-24(12-15-34-21-7-2-1-3-8-21)30-14-11-23-22(18-30)25(29-31(23)17-19-9-10-19)26(33)28-16-20-6-4-5-13-27-20/h1-8,13,19H,9-12,14-18H2,(H,28,33). The number of nitrogens with one attached hydrogen (secondary N) is 1. The zero-order valence-corrected chi connectivity index (χ0v) is 19.2. The predicted octanol–water partition coefficient (Wildman–Crippen LogP) is 2.97. The van der Waals surface area contributed by atoms with E-state index in [0.717, 1.165) is 29.2 Å². The Morgan fingerprint density at radius 1 is 1.09 bits per heavy atom. The molecule has 0 radical (unpaired) electrons. The molecule has 2 aromatic heterocycles. The molecule has 2 amide bonds. The van der Waals surface area contributed by atoms with E-state index in [4.69, 9.17) is 9.84 Å². The summed E-state index contributed by atoms with van der Waals surface area (Å²) in [5, 5.41) is 7.64. The number of rotatable bonds is 9. The van der Waals surface area contributed by atoms with Crippen molar-refractivity contribution in [3.63, 3.8) is 0 Å². The van der Waals surface area contributed by atoms with Gasteiger partial charge in [-0.15, -0.1) is 0 Å². The average Bonchev–Trinajstić information content (AvgIpc) is 3.63. The molecule has 1 aliphatic heterocycles. The van der Waals surface area contributed by atoms with E-state index >= 15 is 0 Å². The van der Waals surface area contributed by atoms with Crippen LogP contribution in [0.2, 0.25) is 0 Å². The highest BCUT2D eigenvalue weighted by molar-refractivity contribution is 5.94. The maximum absolute atomic E-state index is 13.1. The van der Waals surface area contributed by atoms with Crippen LogP contribution in [0.25, 0.3) is 0 Å². The molecule has 3 heterocycles. The smallest absolute Gasteiger partial charge is 0.272 e. The Balaban J connectivity index is 1.26. The van der Waals surface area contributed by atoms with Crippen molar-refractivity contribution in [3.05, 3.63) is 77.4 Å². The van der Waals surface area contributed by atoms with Gasteiger partial charge in [-0.3, -0.25) is 19.3 Å². The molecule has 1 aliphatic carbocycles. The number of carbonyl (C=O) groups is 2. The Labute approximate surface area is 198 Å². The average molecular weight is 460 g/mol. The van der Waals surface area contributed by atoms with E-state index in [9.17, 15) is 9.59 Å². The molecule has 1 aromatic carbocycles. The van der Waals surface area contributed by atoms with Crippen LogP contribution in [0.5, 0.6) is 5.75 Å². The van der Waals surface area contributed by atoms with E-state index in [1.807, 2.05) is 58.1 Å². The van der Waals surface area contributed by atoms with Crippen molar-refractivity contribution >= 4 is 11.8 Å². The zero-order valence-electron chi connectivity index (χ0n) is 19.2. The second-order valence-corrected chi connectivity index (χ2v) is 8.88. The number of fused-ring (bicyclic) bond motifs is 1. The third-order valence-corrected chi connectivity index (χ3v) is 6.31. The molecular weight excluding hydrogens is 430 g/mol. The summed E-state index contributed by atoms with van der Waals surface area (Å²) in [6.45, 7) is 2.53. The molecule has 1 fully saturated rings. The van der Waals surface area contributed by atoms with Crippen LogP contribution < -0.4 is 10.1 Å². The first-order valence-corrected chi connectivity index (χ1v) is 11.9. The maximum Gasteiger partial charge on any atom is 0.272 e. The number of para-hydroxylation sites is 1. The van der Waals surface area contributed by atoms with Gasteiger partial charge in [0, 0.05) is 43.5 Å². The highest BCUT2D eigenvalue weighted by Gasteiger charge is 2.32. The van der Waals surface area contributed by atoms with Crippen LogP contribution >= 0.6 is 0 Å². The predicted molar refractivity (Wildman–Crippen MR) is 126 cm³/mol. The van der Waals surface area contributed by atoms with Gasteiger partial charge in [-0.2, -0.15) is 5.10 Å². The first-order valence-electron chi connectivity index (χ1n) is 11.9. The van der Waals surface area contributed by atoms with Crippen LogP contribution in [0.1, 0.15) is 46.7 Å². The van der Waals surface area contributed by atoms with Crippen LogP contribution in [-0.4, -0.2) is 44.6 Å². The van der Waals surface area contributed by atoms with Crippen molar-refractivity contribution < 1.29 is 14.3 Å². The Morgan fingerprint density at radius 3 is 2.68 bits per heavy atom. The summed E-state index contributed by atoms with van der Waals surface area (Å²) in [5.41, 5.74) is 3.16. The molecule has 2 aliphatic rings. The summed E-state index contributed by atoms with van der Waals surface area (Å²) < 4.78 is 7.70. The van der Waals surface area contributed by atoms with Crippen LogP contribution in [0.4, 0.5) is 0 Å². The van der Waals surface area contributed by atoms with Gasteiger partial charge < -0.3 is 15.0 Å². The third kappa shape index (κ3) is 5.27. The lowest BCUT2D eigenvalue weighted by atomic mass is 10.0. The van der Waals surface area contributed by atoms with Gasteiger partial charge in [-0.1, -0.05) is 24.3 Å². The molecule has 0 spiro atoms. The van der Waals surface area contributed by atoms with Crippen molar-refractivity contribution in [2.24, 2.45) is 5.92 Å². The number of benzene rings is 1. The SMILES string of the molecule is O=C(NCc1ccccn1)c1nn(CC2CC2)c2c1CN(C(=O)CCOc1ccccc1)CC2. The first-order chi connectivity index (χ1) is 16.7. The molecule has 8 nitrogen and oxygen atoms in total. The second-order valence-electron chi connectivity index (χ2n) is 8.88. The summed E-state index contributed by atoms with van der Waals surface area (Å²) >= 11 is 0. The normalized spacial score (nSPS) is 15.0. The van der Waals surface area contributed by atoms with E-state index < -0.39 is 0 Å². The zero-order chi connectivity index (χ0) is 23.3. The van der Waals surface area contributed by atoms with Gasteiger partial charge in [0.2, 0.25) is 5.91 Å². The molecule has 0 bridgehead atoms. The van der Waals surface area contributed by atoms with Crippen LogP contribution in [0.3, 0.4) is 0 Å². The van der Waals surface area contributed by atoms with Crippen LogP contribution in [0.15, 0.2) is 54.7 Å². The topological polar surface area (TPSA) is 89.4 Å². The fourth-order valence-corrected chi connectivity index (χ4v) is 4.27. The van der Waals surface area contributed by atoms with Gasteiger partial charge in [-0.25, -0.2) is 0 Å². The third-order valence-electron chi connectivity index (χ3n) is 6.31. The number of ether oxygens (including phenoxy) is 1. The fourth-order valence-electron chi connectivity index (χ4n) is 4.27. The van der Waals surface area contributed by atoms with Gasteiger partial charge in [-0.05, 0) is 43.0 Å². The molecule has 5 rings (SSSR count). The van der Waals surface area contributed by atoms with E-state index in [-0.39, 0.29) is 11.8 Å². The first kappa shape index (κ1) is 22.1. The van der Waals surface area contributed by atoms with Crippen molar-refractivity contribution in [2.75, 3.05) is 13.2 Å². The van der Waals surface area contributed by atoms with E-state index in [0.29, 0.717) is 50.7 Å². The quantitative estimate of drug-likeness (QED) is 0.531. The van der Waals surface area contributed by atoms with Gasteiger partial charge in [0.05, 0.1) is 25.3 Å². The Bertz CT molecular complexity index is 1140. The van der Waals surface area contributed by atoms with Crippen molar-refractivity contribution in [3.8, 4) is 5.75 Å². The van der Waals surface area contributed by atoms with Gasteiger partial charge in [0.1, 0.15) is 5.75 Å². The van der Waals surface area contributed by atoms with Gasteiger partial charge in [0.15, 0.2) is 5.69 Å². The lowest BCUT2D eigenvalue weighted by Gasteiger charge is -2.28. The Kier molecular flexibility index (Phi) is 6.56. The Hall–Kier alpha value is -3.68. The largest absolute Gasteiger partial charge is 0.493 e. The van der Waals surface area contributed by atoms with E-state index in [1.54, 1.807) is 6.20 Å². The van der Waals surface area contributed by atoms with Crippen molar-refractivity contribution in [1.82, 2.24) is 25.0 Å². The fraction of sp³-hybridized carbons (Fsp3) is 0.385. The monoisotopic (exact) mass is 459 g/mol. The van der Waals surface area contributed by atoms with Crippen molar-refractivity contribution in [2.45, 2.75) is 45.3 Å². The summed E-state index contributed by atoms with van der Waals surface area (Å²) in [6.07, 6.45) is 5.12. The number of aromatic nitrogens is 3. The Morgan fingerprint density at radius 2 is 1.91 bits per heavy atom. The van der Waals surface area contributed by atoms with Gasteiger partial charge in [0.25, 0.3) is 5.91 Å². The number of amides is 2. The summed E-state index contributed by atoms with van der Waals surface area (Å²) in [7, 11) is 0. The van der Waals surface area contributed by atoms with E-state index in [2.05, 4.69) is 10.3 Å². The molecule has 176 valence electrons. The molecular formula is C26H29N5O3. The molecule has 34 heavy (non-hydrogen) atoms. The minimum absolute atomic E-state index is 0.0244. The molecule has 1 saturated carbocycles. The summed E-state index contributed by atoms with van der Waals surface area (Å²) in [6, 6.07) is 15.1. The van der Waals surface area contributed by atoms with Crippen molar-refractivity contribution in [1.29, 1.82) is 0 Å². The minimum Gasteiger partial charge on any atom is -0.493 e. The minimum atomic E-state index is -0.224. The number of hydrogen-bond donors (Lipinski definition) is 1. The molecule has 8 heteroatoms. The van der Waals surface area contributed by atoms with Crippen LogP contribution in [0, 0.1) is 5.92 Å². The van der Waals surface area contributed by atoms with E-state index in [1.165, 1.54) is 12.8 Å². The van der Waals surface area contributed by atoms with Gasteiger partial charge >= 0.3 is 0 Å². The highest BCUT2D eigenvalue weighted by atomic mass is 16.5. The second kappa shape index (κ2) is 10.1. The lowest BCUT2D eigenvalue weighted by Crippen LogP contribution is -2.37. The highest BCUT2D eigenvalue weighted by Crippen LogP contribution is 2.32. The maximum atomic E-state index is 13.1. The summed E-state index contributed by atoms with van der Waals surface area (Å²) in [5.74, 6) is 1.20. The number of nitrogens with zero attached hydrogens (tertiary/aromatic N) is 4. The van der Waals surface area contributed by atoms with Crippen LogP contribution in [-0.2, 0) is 30.8 Å². The lowest BCUT2D eigenvalue weighted by molar-refractivity contribution is -0.132. The number of carbonyl (C=O) groups excluding carboxylic acids is 2. The number of hydrogen-bond acceptors (Lipinski definition) is 5. The number of pyridine rings is 1. The molecule has 0 unspecified atom stereocenters.